The van der Waals surface area contributed by atoms with Gasteiger partial charge in [0.25, 0.3) is 0 Å². The summed E-state index contributed by atoms with van der Waals surface area (Å²) in [6.45, 7) is 0.255. The van der Waals surface area contributed by atoms with Crippen molar-refractivity contribution in [2.24, 2.45) is 11.5 Å². The summed E-state index contributed by atoms with van der Waals surface area (Å²) in [7, 11) is 1.49. The van der Waals surface area contributed by atoms with Crippen LogP contribution in [-0.4, -0.2) is 31.6 Å². The van der Waals surface area contributed by atoms with Crippen molar-refractivity contribution in [2.45, 2.75) is 12.5 Å². The molecule has 1 unspecified atom stereocenters. The molecule has 6 nitrogen and oxygen atoms in total. The van der Waals surface area contributed by atoms with Crippen LogP contribution >= 0.6 is 11.6 Å². The van der Waals surface area contributed by atoms with Crippen molar-refractivity contribution in [3.63, 3.8) is 0 Å². The van der Waals surface area contributed by atoms with Gasteiger partial charge in [0.1, 0.15) is 0 Å². The smallest absolute Gasteiger partial charge is 0.250 e. The molecule has 0 fully saturated rings. The molecule has 0 aliphatic carbocycles. The van der Waals surface area contributed by atoms with Crippen molar-refractivity contribution in [3.8, 4) is 0 Å². The fourth-order valence-corrected chi connectivity index (χ4v) is 1.75. The minimum absolute atomic E-state index is 0.141. The van der Waals surface area contributed by atoms with Crippen LogP contribution in [0.3, 0.4) is 0 Å². The van der Waals surface area contributed by atoms with E-state index in [1.165, 1.54) is 19.2 Å². The number of carbonyl (C=O) groups excluding carboxylic acids is 2. The molecule has 0 bridgehead atoms. The number of nitrogens with one attached hydrogen (secondary N) is 1. The number of rotatable bonds is 6. The third kappa shape index (κ3) is 4.51. The van der Waals surface area contributed by atoms with E-state index in [9.17, 15) is 9.59 Å². The van der Waals surface area contributed by atoms with E-state index in [2.05, 4.69) is 5.32 Å². The van der Waals surface area contributed by atoms with Crippen LogP contribution in [0.4, 0.5) is 5.69 Å². The highest BCUT2D eigenvalue weighted by atomic mass is 35.5. The molecule has 0 radical (unpaired) electrons. The summed E-state index contributed by atoms with van der Waals surface area (Å²) >= 11 is 5.87. The molecule has 1 aromatic carbocycles. The molecule has 0 aliphatic rings. The molecule has 0 spiro atoms. The number of ether oxygens (including phenoxy) is 1. The molecule has 0 saturated carbocycles. The Morgan fingerprint density at radius 3 is 2.63 bits per heavy atom. The first-order valence-electron chi connectivity index (χ1n) is 5.60. The summed E-state index contributed by atoms with van der Waals surface area (Å²) < 4.78 is 5.01. The summed E-state index contributed by atoms with van der Waals surface area (Å²) in [5.41, 5.74) is 11.2. The van der Waals surface area contributed by atoms with Crippen molar-refractivity contribution < 1.29 is 14.3 Å². The molecule has 1 atom stereocenters. The number of halogens is 1. The van der Waals surface area contributed by atoms with E-state index >= 15 is 0 Å². The fourth-order valence-electron chi connectivity index (χ4n) is 1.47. The Labute approximate surface area is 116 Å². The highest BCUT2D eigenvalue weighted by molar-refractivity contribution is 6.34. The van der Waals surface area contributed by atoms with Crippen LogP contribution in [0, 0.1) is 0 Å². The van der Waals surface area contributed by atoms with E-state index in [4.69, 9.17) is 27.8 Å². The van der Waals surface area contributed by atoms with Gasteiger partial charge in [-0.1, -0.05) is 11.6 Å². The van der Waals surface area contributed by atoms with Gasteiger partial charge in [0.2, 0.25) is 11.8 Å². The average molecular weight is 286 g/mol. The molecule has 1 rings (SSSR count). The van der Waals surface area contributed by atoms with E-state index in [1.807, 2.05) is 0 Å². The number of benzene rings is 1. The minimum atomic E-state index is -0.620. The molecule has 104 valence electrons. The number of nitrogens with two attached hydrogens (primary N) is 2. The Hall–Kier alpha value is -1.63. The van der Waals surface area contributed by atoms with Gasteiger partial charge in [-0.3, -0.25) is 9.59 Å². The van der Waals surface area contributed by atoms with Crippen LogP contribution in [-0.2, 0) is 9.53 Å². The lowest BCUT2D eigenvalue weighted by atomic mass is 10.2. The number of primary amides is 1. The van der Waals surface area contributed by atoms with E-state index in [0.29, 0.717) is 5.69 Å². The molecule has 0 aromatic heterocycles. The Balaban J connectivity index is 2.70. The van der Waals surface area contributed by atoms with Crippen LogP contribution in [0.1, 0.15) is 16.8 Å². The standard InChI is InChI=1S/C12H16ClN3O3/c1-19-8(6-14)5-11(17)16-7-2-3-9(12(15)18)10(13)4-7/h2-4,8H,5-6,14H2,1H3,(H2,15,18)(H,16,17). The second-order valence-corrected chi connectivity index (χ2v) is 4.31. The van der Waals surface area contributed by atoms with Gasteiger partial charge in [-0.15, -0.1) is 0 Å². The quantitative estimate of drug-likeness (QED) is 0.716. The molecule has 19 heavy (non-hydrogen) atoms. The van der Waals surface area contributed by atoms with Gasteiger partial charge in [0.05, 0.1) is 23.1 Å². The van der Waals surface area contributed by atoms with Crippen LogP contribution < -0.4 is 16.8 Å². The van der Waals surface area contributed by atoms with Crippen LogP contribution in [0.2, 0.25) is 5.02 Å². The van der Waals surface area contributed by atoms with Gasteiger partial charge < -0.3 is 21.5 Å². The topological polar surface area (TPSA) is 107 Å². The molecule has 0 saturated heterocycles. The number of methoxy groups -OCH3 is 1. The molecule has 7 heteroatoms. The first kappa shape index (κ1) is 15.4. The van der Waals surface area contributed by atoms with Crippen molar-refractivity contribution in [1.82, 2.24) is 0 Å². The number of hydrogen-bond acceptors (Lipinski definition) is 4. The number of carbonyl (C=O) groups is 2. The molecule has 0 heterocycles. The lowest BCUT2D eigenvalue weighted by Gasteiger charge is -2.13. The maximum absolute atomic E-state index is 11.7. The molecule has 2 amide bonds. The van der Waals surface area contributed by atoms with Gasteiger partial charge in [-0.05, 0) is 18.2 Å². The molecule has 1 aromatic rings. The Morgan fingerprint density at radius 2 is 2.16 bits per heavy atom. The van der Waals surface area contributed by atoms with Gasteiger partial charge in [-0.25, -0.2) is 0 Å². The van der Waals surface area contributed by atoms with Gasteiger partial charge in [0, 0.05) is 19.3 Å². The molecule has 5 N–H and O–H groups in total. The predicted octanol–water partition coefficient (Wildman–Crippen LogP) is 0.741. The maximum Gasteiger partial charge on any atom is 0.250 e. The SMILES string of the molecule is COC(CN)CC(=O)Nc1ccc(C(N)=O)c(Cl)c1. The lowest BCUT2D eigenvalue weighted by molar-refractivity contribution is -0.118. The summed E-state index contributed by atoms with van der Waals surface area (Å²) in [6.07, 6.45) is -0.192. The minimum Gasteiger partial charge on any atom is -0.380 e. The zero-order chi connectivity index (χ0) is 14.4. The molecular weight excluding hydrogens is 270 g/mol. The van der Waals surface area contributed by atoms with E-state index in [-0.39, 0.29) is 35.6 Å². The van der Waals surface area contributed by atoms with Crippen molar-refractivity contribution >= 4 is 29.1 Å². The van der Waals surface area contributed by atoms with Crippen molar-refractivity contribution in [3.05, 3.63) is 28.8 Å². The monoisotopic (exact) mass is 285 g/mol. The number of hydrogen-bond donors (Lipinski definition) is 3. The second-order valence-electron chi connectivity index (χ2n) is 3.90. The van der Waals surface area contributed by atoms with Crippen LogP contribution in [0.25, 0.3) is 0 Å². The normalized spacial score (nSPS) is 11.9. The van der Waals surface area contributed by atoms with Crippen molar-refractivity contribution in [1.29, 1.82) is 0 Å². The van der Waals surface area contributed by atoms with Gasteiger partial charge in [-0.2, -0.15) is 0 Å². The highest BCUT2D eigenvalue weighted by Crippen LogP contribution is 2.20. The van der Waals surface area contributed by atoms with Crippen LogP contribution in [0.15, 0.2) is 18.2 Å². The third-order valence-corrected chi connectivity index (χ3v) is 2.84. The fraction of sp³-hybridized carbons (Fsp3) is 0.333. The van der Waals surface area contributed by atoms with Crippen LogP contribution in [0.5, 0.6) is 0 Å². The summed E-state index contributed by atoms with van der Waals surface area (Å²) in [5.74, 6) is -0.870. The number of anilines is 1. The van der Waals surface area contributed by atoms with Gasteiger partial charge >= 0.3 is 0 Å². The van der Waals surface area contributed by atoms with E-state index < -0.39 is 5.91 Å². The first-order chi connectivity index (χ1) is 8.97. The zero-order valence-electron chi connectivity index (χ0n) is 10.5. The Kier molecular flexibility index (Phi) is 5.75. The largest absolute Gasteiger partial charge is 0.380 e. The van der Waals surface area contributed by atoms with Gasteiger partial charge in [0.15, 0.2) is 0 Å². The predicted molar refractivity (Wildman–Crippen MR) is 73.1 cm³/mol. The first-order valence-corrected chi connectivity index (χ1v) is 5.97. The Morgan fingerprint density at radius 1 is 1.47 bits per heavy atom. The summed E-state index contributed by atoms with van der Waals surface area (Å²) in [4.78, 5) is 22.7. The summed E-state index contributed by atoms with van der Waals surface area (Å²) in [5, 5.41) is 2.82. The molecular formula is C12H16ClN3O3. The second kappa shape index (κ2) is 7.08. The highest BCUT2D eigenvalue weighted by Gasteiger charge is 2.13. The lowest BCUT2D eigenvalue weighted by Crippen LogP contribution is -2.28. The van der Waals surface area contributed by atoms with E-state index in [0.717, 1.165) is 0 Å². The maximum atomic E-state index is 11.7. The van der Waals surface area contributed by atoms with E-state index in [1.54, 1.807) is 6.07 Å². The average Bonchev–Trinajstić information content (AvgIpc) is 2.35. The third-order valence-electron chi connectivity index (χ3n) is 2.53. The summed E-state index contributed by atoms with van der Waals surface area (Å²) in [6, 6.07) is 4.47. The number of amides is 2. The Bertz CT molecular complexity index is 475. The zero-order valence-corrected chi connectivity index (χ0v) is 11.2. The van der Waals surface area contributed by atoms with Crippen molar-refractivity contribution in [2.75, 3.05) is 19.0 Å². The molecule has 0 aliphatic heterocycles.